The monoisotopic (exact) mass is 263 g/mol. The standard InChI is InChI=1S/C15H25N3O/c1-4-6-7-12-18(3)15(16-5-2)17-11-10-14-9-8-13-19-14/h4,8-9,13H,1,5-7,10-12H2,2-3H3,(H,16,17). The number of rotatable bonds is 8. The van der Waals surface area contributed by atoms with E-state index in [9.17, 15) is 0 Å². The van der Waals surface area contributed by atoms with Gasteiger partial charge in [-0.3, -0.25) is 4.99 Å². The molecule has 0 unspecified atom stereocenters. The minimum atomic E-state index is 0.738. The Kier molecular flexibility index (Phi) is 7.47. The van der Waals surface area contributed by atoms with Crippen LogP contribution in [-0.4, -0.2) is 37.5 Å². The maximum absolute atomic E-state index is 5.30. The zero-order chi connectivity index (χ0) is 13.9. The van der Waals surface area contributed by atoms with Gasteiger partial charge in [-0.1, -0.05) is 6.08 Å². The number of nitrogens with zero attached hydrogens (tertiary/aromatic N) is 2. The average molecular weight is 263 g/mol. The molecular formula is C15H25N3O. The zero-order valence-corrected chi connectivity index (χ0v) is 12.1. The first-order valence-electron chi connectivity index (χ1n) is 6.90. The van der Waals surface area contributed by atoms with Gasteiger partial charge in [-0.2, -0.15) is 0 Å². The van der Waals surface area contributed by atoms with Gasteiger partial charge in [0.05, 0.1) is 6.26 Å². The smallest absolute Gasteiger partial charge is 0.193 e. The lowest BCUT2D eigenvalue weighted by molar-refractivity contribution is 0.468. The van der Waals surface area contributed by atoms with Gasteiger partial charge in [-0.05, 0) is 31.9 Å². The molecule has 1 aromatic rings. The van der Waals surface area contributed by atoms with E-state index in [4.69, 9.17) is 4.42 Å². The first-order valence-corrected chi connectivity index (χ1v) is 6.90. The SMILES string of the molecule is C=CCCCN(C)C(=NCCc1ccco1)NCC. The van der Waals surface area contributed by atoms with E-state index < -0.39 is 0 Å². The van der Waals surface area contributed by atoms with E-state index in [-0.39, 0.29) is 0 Å². The fourth-order valence-corrected chi connectivity index (χ4v) is 1.78. The number of furan rings is 1. The third kappa shape index (κ3) is 6.13. The van der Waals surface area contributed by atoms with Crippen molar-refractivity contribution in [2.24, 2.45) is 4.99 Å². The number of unbranched alkanes of at least 4 members (excludes halogenated alkanes) is 1. The van der Waals surface area contributed by atoms with E-state index in [0.717, 1.165) is 50.6 Å². The third-order valence-electron chi connectivity index (χ3n) is 2.80. The highest BCUT2D eigenvalue weighted by Gasteiger charge is 2.04. The average Bonchev–Trinajstić information content (AvgIpc) is 2.91. The lowest BCUT2D eigenvalue weighted by Gasteiger charge is -2.21. The molecule has 1 aromatic heterocycles. The van der Waals surface area contributed by atoms with E-state index in [1.807, 2.05) is 18.2 Å². The summed E-state index contributed by atoms with van der Waals surface area (Å²) >= 11 is 0. The van der Waals surface area contributed by atoms with Crippen LogP contribution >= 0.6 is 0 Å². The summed E-state index contributed by atoms with van der Waals surface area (Å²) in [5.74, 6) is 1.94. The van der Waals surface area contributed by atoms with Crippen LogP contribution in [0.2, 0.25) is 0 Å². The van der Waals surface area contributed by atoms with Gasteiger partial charge in [0.1, 0.15) is 5.76 Å². The molecule has 1 heterocycles. The molecule has 0 aliphatic heterocycles. The Morgan fingerprint density at radius 3 is 3.05 bits per heavy atom. The third-order valence-corrected chi connectivity index (χ3v) is 2.80. The van der Waals surface area contributed by atoms with Gasteiger partial charge >= 0.3 is 0 Å². The van der Waals surface area contributed by atoms with Gasteiger partial charge in [0.15, 0.2) is 5.96 Å². The molecule has 0 aromatic carbocycles. The molecule has 0 atom stereocenters. The van der Waals surface area contributed by atoms with Crippen molar-refractivity contribution < 1.29 is 4.42 Å². The Bertz CT molecular complexity index is 371. The molecule has 106 valence electrons. The number of hydrogen-bond donors (Lipinski definition) is 1. The Morgan fingerprint density at radius 2 is 2.42 bits per heavy atom. The van der Waals surface area contributed by atoms with Crippen LogP contribution in [0.4, 0.5) is 0 Å². The second-order valence-electron chi connectivity index (χ2n) is 4.42. The molecule has 0 aliphatic carbocycles. The van der Waals surface area contributed by atoms with Crippen LogP contribution in [0.3, 0.4) is 0 Å². The van der Waals surface area contributed by atoms with Gasteiger partial charge in [0, 0.05) is 33.1 Å². The van der Waals surface area contributed by atoms with Crippen molar-refractivity contribution in [3.05, 3.63) is 36.8 Å². The second kappa shape index (κ2) is 9.25. The number of guanidine groups is 1. The molecule has 1 rings (SSSR count). The van der Waals surface area contributed by atoms with E-state index in [0.29, 0.717) is 0 Å². The second-order valence-corrected chi connectivity index (χ2v) is 4.42. The lowest BCUT2D eigenvalue weighted by atomic mass is 10.3. The molecule has 4 nitrogen and oxygen atoms in total. The first kappa shape index (κ1) is 15.3. The van der Waals surface area contributed by atoms with E-state index in [1.54, 1.807) is 6.26 Å². The van der Waals surface area contributed by atoms with Crippen molar-refractivity contribution in [3.63, 3.8) is 0 Å². The molecule has 1 N–H and O–H groups in total. The molecule has 0 saturated carbocycles. The fraction of sp³-hybridized carbons (Fsp3) is 0.533. The largest absolute Gasteiger partial charge is 0.469 e. The van der Waals surface area contributed by atoms with Crippen LogP contribution in [0.5, 0.6) is 0 Å². The molecule has 0 aliphatic rings. The molecule has 0 spiro atoms. The summed E-state index contributed by atoms with van der Waals surface area (Å²) in [7, 11) is 2.07. The fourth-order valence-electron chi connectivity index (χ4n) is 1.78. The van der Waals surface area contributed by atoms with Crippen molar-refractivity contribution >= 4 is 5.96 Å². The van der Waals surface area contributed by atoms with Crippen molar-refractivity contribution in [3.8, 4) is 0 Å². The summed E-state index contributed by atoms with van der Waals surface area (Å²) in [6.07, 6.45) is 6.63. The van der Waals surface area contributed by atoms with Crippen LogP contribution in [0.25, 0.3) is 0 Å². The van der Waals surface area contributed by atoms with Crippen molar-refractivity contribution in [2.45, 2.75) is 26.2 Å². The van der Waals surface area contributed by atoms with Crippen LogP contribution in [-0.2, 0) is 6.42 Å². The summed E-state index contributed by atoms with van der Waals surface area (Å²) in [6, 6.07) is 3.89. The highest BCUT2D eigenvalue weighted by Crippen LogP contribution is 2.01. The summed E-state index contributed by atoms with van der Waals surface area (Å²) in [5, 5.41) is 3.31. The number of aliphatic imine (C=N–C) groups is 1. The van der Waals surface area contributed by atoms with Crippen molar-refractivity contribution in [1.29, 1.82) is 0 Å². The molecule has 4 heteroatoms. The van der Waals surface area contributed by atoms with Crippen LogP contribution in [0.1, 0.15) is 25.5 Å². The Balaban J connectivity index is 2.42. The number of nitrogens with one attached hydrogen (secondary N) is 1. The molecule has 0 saturated heterocycles. The molecule has 19 heavy (non-hydrogen) atoms. The normalized spacial score (nSPS) is 11.4. The van der Waals surface area contributed by atoms with Gasteiger partial charge < -0.3 is 14.6 Å². The minimum absolute atomic E-state index is 0.738. The van der Waals surface area contributed by atoms with Gasteiger partial charge in [-0.25, -0.2) is 0 Å². The zero-order valence-electron chi connectivity index (χ0n) is 12.1. The maximum Gasteiger partial charge on any atom is 0.193 e. The van der Waals surface area contributed by atoms with E-state index in [1.165, 1.54) is 0 Å². The predicted octanol–water partition coefficient (Wildman–Crippen LogP) is 2.69. The highest BCUT2D eigenvalue weighted by molar-refractivity contribution is 5.79. The molecule has 0 amide bonds. The number of hydrogen-bond acceptors (Lipinski definition) is 2. The maximum atomic E-state index is 5.30. The topological polar surface area (TPSA) is 40.8 Å². The molecule has 0 bridgehead atoms. The molecular weight excluding hydrogens is 238 g/mol. The van der Waals surface area contributed by atoms with Crippen molar-refractivity contribution in [2.75, 3.05) is 26.7 Å². The van der Waals surface area contributed by atoms with Crippen LogP contribution in [0.15, 0.2) is 40.5 Å². The van der Waals surface area contributed by atoms with E-state index in [2.05, 4.69) is 35.8 Å². The van der Waals surface area contributed by atoms with Gasteiger partial charge in [0.25, 0.3) is 0 Å². The van der Waals surface area contributed by atoms with Crippen LogP contribution < -0.4 is 5.32 Å². The summed E-state index contributed by atoms with van der Waals surface area (Å²) < 4.78 is 5.30. The van der Waals surface area contributed by atoms with Crippen molar-refractivity contribution in [1.82, 2.24) is 10.2 Å². The quantitative estimate of drug-likeness (QED) is 0.339. The number of allylic oxidation sites excluding steroid dienone is 1. The van der Waals surface area contributed by atoms with Gasteiger partial charge in [0.2, 0.25) is 0 Å². The van der Waals surface area contributed by atoms with Crippen LogP contribution in [0, 0.1) is 0 Å². The lowest BCUT2D eigenvalue weighted by Crippen LogP contribution is -2.39. The summed E-state index contributed by atoms with van der Waals surface area (Å²) in [5.41, 5.74) is 0. The summed E-state index contributed by atoms with van der Waals surface area (Å²) in [6.45, 7) is 8.43. The van der Waals surface area contributed by atoms with Gasteiger partial charge in [-0.15, -0.1) is 6.58 Å². The van der Waals surface area contributed by atoms with E-state index >= 15 is 0 Å². The Hall–Kier alpha value is -1.71. The summed E-state index contributed by atoms with van der Waals surface area (Å²) in [4.78, 5) is 6.77. The minimum Gasteiger partial charge on any atom is -0.469 e. The molecule has 0 fully saturated rings. The first-order chi connectivity index (χ1) is 9.27. The molecule has 0 radical (unpaired) electrons. The Morgan fingerprint density at radius 1 is 1.58 bits per heavy atom. The predicted molar refractivity (Wildman–Crippen MR) is 80.5 cm³/mol. The Labute approximate surface area is 116 Å². The highest BCUT2D eigenvalue weighted by atomic mass is 16.3.